The lowest BCUT2D eigenvalue weighted by molar-refractivity contribution is -0.127. The third-order valence-electron chi connectivity index (χ3n) is 3.91. The summed E-state index contributed by atoms with van der Waals surface area (Å²) < 4.78 is 0. The molecule has 1 amide bonds. The molecule has 0 aliphatic heterocycles. The van der Waals surface area contributed by atoms with E-state index in [0.29, 0.717) is 5.92 Å². The molecule has 2 unspecified atom stereocenters. The molecule has 2 fully saturated rings. The Morgan fingerprint density at radius 1 is 1.47 bits per heavy atom. The Bertz CT molecular complexity index is 248. The van der Waals surface area contributed by atoms with Crippen molar-refractivity contribution in [3.63, 3.8) is 0 Å². The number of nitrogens with two attached hydrogens (primary N) is 1. The summed E-state index contributed by atoms with van der Waals surface area (Å²) in [6, 6.07) is 0. The minimum Gasteiger partial charge on any atom is -0.351 e. The molecule has 0 aromatic heterocycles. The summed E-state index contributed by atoms with van der Waals surface area (Å²) in [5.74, 6) is 1.07. The van der Waals surface area contributed by atoms with E-state index in [1.807, 2.05) is 0 Å². The molecule has 15 heavy (non-hydrogen) atoms. The van der Waals surface area contributed by atoms with Crippen LogP contribution in [0.25, 0.3) is 0 Å². The topological polar surface area (TPSA) is 55.1 Å². The summed E-state index contributed by atoms with van der Waals surface area (Å²) in [6.45, 7) is 2.87. The molecule has 0 heterocycles. The molecule has 2 aliphatic carbocycles. The standard InChI is InChI=1S/C12H22N2O/c1-12(5-6-12)14-11(15)10-4-2-3-9(7-10)8-13/h9-10H,2-8,13H2,1H3,(H,14,15). The van der Waals surface area contributed by atoms with Crippen LogP contribution in [0, 0.1) is 11.8 Å². The third-order valence-corrected chi connectivity index (χ3v) is 3.91. The van der Waals surface area contributed by atoms with Gasteiger partial charge in [0, 0.05) is 11.5 Å². The van der Waals surface area contributed by atoms with Gasteiger partial charge >= 0.3 is 0 Å². The number of carbonyl (C=O) groups is 1. The van der Waals surface area contributed by atoms with Gasteiger partial charge in [0.05, 0.1) is 0 Å². The predicted octanol–water partition coefficient (Wildman–Crippen LogP) is 1.42. The maximum atomic E-state index is 12.0. The lowest BCUT2D eigenvalue weighted by atomic mass is 9.81. The molecule has 0 bridgehead atoms. The van der Waals surface area contributed by atoms with E-state index >= 15 is 0 Å². The van der Waals surface area contributed by atoms with Crippen molar-refractivity contribution in [2.45, 2.75) is 51.0 Å². The quantitative estimate of drug-likeness (QED) is 0.740. The molecule has 86 valence electrons. The highest BCUT2D eigenvalue weighted by Crippen LogP contribution is 2.36. The zero-order valence-electron chi connectivity index (χ0n) is 9.59. The van der Waals surface area contributed by atoms with E-state index < -0.39 is 0 Å². The van der Waals surface area contributed by atoms with E-state index in [-0.39, 0.29) is 17.4 Å². The summed E-state index contributed by atoms with van der Waals surface area (Å²) in [5.41, 5.74) is 5.81. The number of carbonyl (C=O) groups excluding carboxylic acids is 1. The molecule has 3 nitrogen and oxygen atoms in total. The van der Waals surface area contributed by atoms with Crippen LogP contribution in [0.15, 0.2) is 0 Å². The summed E-state index contributed by atoms with van der Waals surface area (Å²) in [7, 11) is 0. The fraction of sp³-hybridized carbons (Fsp3) is 0.917. The first-order chi connectivity index (χ1) is 7.13. The van der Waals surface area contributed by atoms with Crippen LogP contribution in [0.2, 0.25) is 0 Å². The van der Waals surface area contributed by atoms with Crippen molar-refractivity contribution in [3.8, 4) is 0 Å². The van der Waals surface area contributed by atoms with Crippen LogP contribution in [0.3, 0.4) is 0 Å². The van der Waals surface area contributed by atoms with Crippen molar-refractivity contribution in [1.29, 1.82) is 0 Å². The SMILES string of the molecule is CC1(NC(=O)C2CCCC(CN)C2)CC1. The van der Waals surface area contributed by atoms with Gasteiger partial charge in [-0.15, -0.1) is 0 Å². The summed E-state index contributed by atoms with van der Waals surface area (Å²) in [5, 5.41) is 3.16. The van der Waals surface area contributed by atoms with Crippen LogP contribution in [0.4, 0.5) is 0 Å². The van der Waals surface area contributed by atoms with Gasteiger partial charge in [0.25, 0.3) is 0 Å². The van der Waals surface area contributed by atoms with E-state index in [9.17, 15) is 4.79 Å². The molecular formula is C12H22N2O. The lowest BCUT2D eigenvalue weighted by Gasteiger charge is -2.28. The first kappa shape index (κ1) is 10.9. The molecule has 0 spiro atoms. The maximum Gasteiger partial charge on any atom is 0.223 e. The minimum atomic E-state index is 0.132. The fourth-order valence-electron chi connectivity index (χ4n) is 2.46. The van der Waals surface area contributed by atoms with Crippen LogP contribution < -0.4 is 11.1 Å². The molecule has 0 aromatic carbocycles. The summed E-state index contributed by atoms with van der Waals surface area (Å²) in [6.07, 6.45) is 6.71. The van der Waals surface area contributed by atoms with Crippen molar-refractivity contribution < 1.29 is 4.79 Å². The largest absolute Gasteiger partial charge is 0.351 e. The van der Waals surface area contributed by atoms with Crippen molar-refractivity contribution in [2.75, 3.05) is 6.54 Å². The second-order valence-electron chi connectivity index (χ2n) is 5.52. The Morgan fingerprint density at radius 3 is 2.80 bits per heavy atom. The molecule has 0 aromatic rings. The van der Waals surface area contributed by atoms with Gasteiger partial charge < -0.3 is 11.1 Å². The van der Waals surface area contributed by atoms with Crippen LogP contribution in [0.5, 0.6) is 0 Å². The first-order valence-corrected chi connectivity index (χ1v) is 6.15. The number of hydrogen-bond donors (Lipinski definition) is 2. The second-order valence-corrected chi connectivity index (χ2v) is 5.52. The van der Waals surface area contributed by atoms with Crippen molar-refractivity contribution in [2.24, 2.45) is 17.6 Å². The average molecular weight is 210 g/mol. The molecule has 0 saturated heterocycles. The van der Waals surface area contributed by atoms with Gasteiger partial charge in [0.1, 0.15) is 0 Å². The minimum absolute atomic E-state index is 0.132. The predicted molar refractivity (Wildman–Crippen MR) is 60.3 cm³/mol. The molecule has 2 saturated carbocycles. The monoisotopic (exact) mass is 210 g/mol. The highest BCUT2D eigenvalue weighted by molar-refractivity contribution is 5.79. The zero-order valence-corrected chi connectivity index (χ0v) is 9.59. The highest BCUT2D eigenvalue weighted by atomic mass is 16.2. The van der Waals surface area contributed by atoms with Gasteiger partial charge in [-0.25, -0.2) is 0 Å². The Labute approximate surface area is 91.8 Å². The van der Waals surface area contributed by atoms with Gasteiger partial charge in [-0.1, -0.05) is 6.42 Å². The number of hydrogen-bond acceptors (Lipinski definition) is 2. The van der Waals surface area contributed by atoms with Gasteiger partial charge in [-0.2, -0.15) is 0 Å². The zero-order chi connectivity index (χ0) is 10.9. The molecule has 2 rings (SSSR count). The lowest BCUT2D eigenvalue weighted by Crippen LogP contribution is -2.41. The van der Waals surface area contributed by atoms with Crippen molar-refractivity contribution in [1.82, 2.24) is 5.32 Å². The van der Waals surface area contributed by atoms with E-state index in [1.165, 1.54) is 6.42 Å². The smallest absolute Gasteiger partial charge is 0.223 e. The number of amides is 1. The Morgan fingerprint density at radius 2 is 2.20 bits per heavy atom. The van der Waals surface area contributed by atoms with Crippen molar-refractivity contribution >= 4 is 5.91 Å². The fourth-order valence-corrected chi connectivity index (χ4v) is 2.46. The van der Waals surface area contributed by atoms with E-state index in [2.05, 4.69) is 12.2 Å². The van der Waals surface area contributed by atoms with Gasteiger partial charge in [-0.3, -0.25) is 4.79 Å². The van der Waals surface area contributed by atoms with Gasteiger partial charge in [-0.05, 0) is 51.5 Å². The Kier molecular flexibility index (Phi) is 3.01. The molecular weight excluding hydrogens is 188 g/mol. The van der Waals surface area contributed by atoms with Crippen LogP contribution >= 0.6 is 0 Å². The van der Waals surface area contributed by atoms with Crippen LogP contribution in [-0.4, -0.2) is 18.0 Å². The second kappa shape index (κ2) is 4.12. The van der Waals surface area contributed by atoms with Crippen LogP contribution in [0.1, 0.15) is 45.4 Å². The van der Waals surface area contributed by atoms with Gasteiger partial charge in [0.2, 0.25) is 5.91 Å². The van der Waals surface area contributed by atoms with Crippen LogP contribution in [-0.2, 0) is 4.79 Å². The number of nitrogens with one attached hydrogen (secondary N) is 1. The normalized spacial score (nSPS) is 33.5. The van der Waals surface area contributed by atoms with Gasteiger partial charge in [0.15, 0.2) is 0 Å². The first-order valence-electron chi connectivity index (χ1n) is 6.15. The third kappa shape index (κ3) is 2.71. The average Bonchev–Trinajstić information content (AvgIpc) is 2.96. The summed E-state index contributed by atoms with van der Waals surface area (Å²) in [4.78, 5) is 12.0. The summed E-state index contributed by atoms with van der Waals surface area (Å²) >= 11 is 0. The van der Waals surface area contributed by atoms with E-state index in [4.69, 9.17) is 5.73 Å². The highest BCUT2D eigenvalue weighted by Gasteiger charge is 2.40. The van der Waals surface area contributed by atoms with Crippen molar-refractivity contribution in [3.05, 3.63) is 0 Å². The molecule has 3 heteroatoms. The Hall–Kier alpha value is -0.570. The maximum absolute atomic E-state index is 12.0. The molecule has 3 N–H and O–H groups in total. The van der Waals surface area contributed by atoms with E-state index in [1.54, 1.807) is 0 Å². The molecule has 2 atom stereocenters. The Balaban J connectivity index is 1.83. The van der Waals surface area contributed by atoms with E-state index in [0.717, 1.165) is 38.6 Å². The molecule has 2 aliphatic rings. The number of rotatable bonds is 3. The molecule has 0 radical (unpaired) electrons.